The Morgan fingerprint density at radius 2 is 1.95 bits per heavy atom. The Bertz CT molecular complexity index is 463. The average molecular weight is 285 g/mol. The van der Waals surface area contributed by atoms with E-state index in [1.54, 1.807) is 24.3 Å². The lowest BCUT2D eigenvalue weighted by Gasteiger charge is -2.17. The molecule has 0 saturated carbocycles. The zero-order chi connectivity index (χ0) is 14.4. The van der Waals surface area contributed by atoms with E-state index in [1.807, 2.05) is 13.8 Å². The van der Waals surface area contributed by atoms with E-state index in [9.17, 15) is 9.59 Å². The van der Waals surface area contributed by atoms with Gasteiger partial charge in [0.25, 0.3) is 0 Å². The normalized spacial score (nSPS) is 12.0. The Morgan fingerprint density at radius 1 is 1.32 bits per heavy atom. The predicted octanol–water partition coefficient (Wildman–Crippen LogP) is 2.96. The molecule has 0 aliphatic carbocycles. The summed E-state index contributed by atoms with van der Waals surface area (Å²) in [5.74, 6) is -0.885. The van der Waals surface area contributed by atoms with Crippen molar-refractivity contribution in [3.8, 4) is 0 Å². The number of urea groups is 1. The average Bonchev–Trinajstić information content (AvgIpc) is 2.30. The number of carboxylic acids is 1. The molecule has 1 aromatic carbocycles. The van der Waals surface area contributed by atoms with Gasteiger partial charge in [-0.1, -0.05) is 37.6 Å². The van der Waals surface area contributed by atoms with Gasteiger partial charge in [0.2, 0.25) is 0 Å². The van der Waals surface area contributed by atoms with Crippen molar-refractivity contribution in [1.29, 1.82) is 0 Å². The van der Waals surface area contributed by atoms with Gasteiger partial charge >= 0.3 is 12.0 Å². The summed E-state index contributed by atoms with van der Waals surface area (Å²) >= 11 is 5.89. The number of hydrogen-bond acceptors (Lipinski definition) is 2. The molecule has 3 N–H and O–H groups in total. The minimum atomic E-state index is -1.05. The van der Waals surface area contributed by atoms with Gasteiger partial charge in [0.1, 0.15) is 6.04 Å². The molecule has 104 valence electrons. The fraction of sp³-hybridized carbons (Fsp3) is 0.385. The van der Waals surface area contributed by atoms with E-state index in [2.05, 4.69) is 10.6 Å². The molecular formula is C13H17ClN2O3. The number of para-hydroxylation sites is 1. The molecule has 0 heterocycles. The Balaban J connectivity index is 2.63. The monoisotopic (exact) mass is 284 g/mol. The van der Waals surface area contributed by atoms with Gasteiger partial charge in [-0.05, 0) is 24.5 Å². The molecule has 0 radical (unpaired) electrons. The molecule has 2 amide bonds. The molecule has 0 saturated heterocycles. The number of nitrogens with one attached hydrogen (secondary N) is 2. The van der Waals surface area contributed by atoms with Crippen LogP contribution in [0.3, 0.4) is 0 Å². The van der Waals surface area contributed by atoms with Crippen LogP contribution in [0.2, 0.25) is 5.02 Å². The fourth-order valence-corrected chi connectivity index (χ4v) is 1.76. The summed E-state index contributed by atoms with van der Waals surface area (Å²) in [7, 11) is 0. The highest BCUT2D eigenvalue weighted by molar-refractivity contribution is 6.33. The highest BCUT2D eigenvalue weighted by Crippen LogP contribution is 2.20. The lowest BCUT2D eigenvalue weighted by atomic mass is 10.0. The summed E-state index contributed by atoms with van der Waals surface area (Å²) in [4.78, 5) is 22.7. The molecule has 0 unspecified atom stereocenters. The van der Waals surface area contributed by atoms with Crippen molar-refractivity contribution in [2.24, 2.45) is 5.92 Å². The molecule has 1 rings (SSSR count). The van der Waals surface area contributed by atoms with E-state index >= 15 is 0 Å². The van der Waals surface area contributed by atoms with Gasteiger partial charge in [-0.15, -0.1) is 0 Å². The quantitative estimate of drug-likeness (QED) is 0.778. The molecular weight excluding hydrogens is 268 g/mol. The lowest BCUT2D eigenvalue weighted by molar-refractivity contribution is -0.139. The molecule has 1 atom stereocenters. The third-order valence-corrected chi connectivity index (χ3v) is 2.76. The maximum Gasteiger partial charge on any atom is 0.326 e. The molecule has 6 heteroatoms. The minimum Gasteiger partial charge on any atom is -0.480 e. The van der Waals surface area contributed by atoms with E-state index in [4.69, 9.17) is 16.7 Å². The number of carbonyl (C=O) groups is 2. The molecule has 0 bridgehead atoms. The summed E-state index contributed by atoms with van der Waals surface area (Å²) in [6.45, 7) is 3.78. The van der Waals surface area contributed by atoms with Crippen LogP contribution in [-0.4, -0.2) is 23.1 Å². The number of anilines is 1. The smallest absolute Gasteiger partial charge is 0.326 e. The number of hydrogen-bond donors (Lipinski definition) is 3. The van der Waals surface area contributed by atoms with Gasteiger partial charge in [0.05, 0.1) is 10.7 Å². The van der Waals surface area contributed by atoms with Crippen LogP contribution in [0, 0.1) is 5.92 Å². The second-order valence-electron chi connectivity index (χ2n) is 4.60. The first-order chi connectivity index (χ1) is 8.90. The Labute approximate surface area is 117 Å². The van der Waals surface area contributed by atoms with Crippen LogP contribution in [0.1, 0.15) is 20.3 Å². The van der Waals surface area contributed by atoms with Crippen LogP contribution in [-0.2, 0) is 4.79 Å². The molecule has 0 aliphatic rings. The van der Waals surface area contributed by atoms with Crippen molar-refractivity contribution in [2.75, 3.05) is 5.32 Å². The third kappa shape index (κ3) is 5.18. The maximum atomic E-state index is 11.7. The summed E-state index contributed by atoms with van der Waals surface area (Å²) in [6.07, 6.45) is 0.366. The van der Waals surface area contributed by atoms with Crippen LogP contribution >= 0.6 is 11.6 Å². The maximum absolute atomic E-state index is 11.7. The van der Waals surface area contributed by atoms with Gasteiger partial charge in [-0.2, -0.15) is 0 Å². The summed E-state index contributed by atoms with van der Waals surface area (Å²) in [5.41, 5.74) is 0.440. The van der Waals surface area contributed by atoms with E-state index in [0.717, 1.165) is 0 Å². The molecule has 0 aliphatic heterocycles. The van der Waals surface area contributed by atoms with Gasteiger partial charge in [-0.25, -0.2) is 9.59 Å². The Kier molecular flexibility index (Phi) is 5.63. The second kappa shape index (κ2) is 6.99. The Hall–Kier alpha value is -1.75. The van der Waals surface area contributed by atoms with Crippen molar-refractivity contribution in [3.05, 3.63) is 29.3 Å². The highest BCUT2D eigenvalue weighted by Gasteiger charge is 2.21. The number of carbonyl (C=O) groups excluding carboxylic acids is 1. The highest BCUT2D eigenvalue weighted by atomic mass is 35.5. The predicted molar refractivity (Wildman–Crippen MR) is 74.5 cm³/mol. The Morgan fingerprint density at radius 3 is 2.47 bits per heavy atom. The van der Waals surface area contributed by atoms with Gasteiger partial charge in [0, 0.05) is 0 Å². The first-order valence-corrected chi connectivity index (χ1v) is 6.32. The van der Waals surface area contributed by atoms with Crippen LogP contribution in [0.25, 0.3) is 0 Å². The van der Waals surface area contributed by atoms with Crippen LogP contribution in [0.5, 0.6) is 0 Å². The number of aliphatic carboxylic acids is 1. The molecule has 0 aromatic heterocycles. The molecule has 5 nitrogen and oxygen atoms in total. The number of rotatable bonds is 5. The molecule has 0 fully saturated rings. The van der Waals surface area contributed by atoms with E-state index in [1.165, 1.54) is 0 Å². The van der Waals surface area contributed by atoms with Crippen molar-refractivity contribution in [1.82, 2.24) is 5.32 Å². The SMILES string of the molecule is CC(C)C[C@@H](NC(=O)Nc1ccccc1Cl)C(=O)O. The molecule has 19 heavy (non-hydrogen) atoms. The second-order valence-corrected chi connectivity index (χ2v) is 5.01. The number of carboxylic acid groups (broad SMARTS) is 1. The van der Waals surface area contributed by atoms with E-state index < -0.39 is 18.0 Å². The van der Waals surface area contributed by atoms with E-state index in [-0.39, 0.29) is 5.92 Å². The van der Waals surface area contributed by atoms with Crippen molar-refractivity contribution < 1.29 is 14.7 Å². The van der Waals surface area contributed by atoms with Gasteiger partial charge < -0.3 is 15.7 Å². The first-order valence-electron chi connectivity index (χ1n) is 5.95. The van der Waals surface area contributed by atoms with Crippen molar-refractivity contribution in [3.63, 3.8) is 0 Å². The van der Waals surface area contributed by atoms with Crippen molar-refractivity contribution >= 4 is 29.3 Å². The van der Waals surface area contributed by atoms with Crippen LogP contribution in [0.15, 0.2) is 24.3 Å². The summed E-state index contributed by atoms with van der Waals surface area (Å²) in [5, 5.41) is 14.4. The summed E-state index contributed by atoms with van der Waals surface area (Å²) < 4.78 is 0. The lowest BCUT2D eigenvalue weighted by Crippen LogP contribution is -2.43. The van der Waals surface area contributed by atoms with Crippen molar-refractivity contribution in [2.45, 2.75) is 26.3 Å². The van der Waals surface area contributed by atoms with E-state index in [0.29, 0.717) is 17.1 Å². The topological polar surface area (TPSA) is 78.4 Å². The van der Waals surface area contributed by atoms with Gasteiger partial charge in [-0.3, -0.25) is 0 Å². The number of benzene rings is 1. The van der Waals surface area contributed by atoms with Gasteiger partial charge in [0.15, 0.2) is 0 Å². The number of halogens is 1. The summed E-state index contributed by atoms with van der Waals surface area (Å²) in [6, 6.07) is 5.25. The largest absolute Gasteiger partial charge is 0.480 e. The first kappa shape index (κ1) is 15.3. The number of amides is 2. The van der Waals surface area contributed by atoms with Crippen LogP contribution < -0.4 is 10.6 Å². The van der Waals surface area contributed by atoms with Crippen LogP contribution in [0.4, 0.5) is 10.5 Å². The zero-order valence-electron chi connectivity index (χ0n) is 10.8. The minimum absolute atomic E-state index is 0.168. The standard InChI is InChI=1S/C13H17ClN2O3/c1-8(2)7-11(12(17)18)16-13(19)15-10-6-4-3-5-9(10)14/h3-6,8,11H,7H2,1-2H3,(H,17,18)(H2,15,16,19)/t11-/m1/s1. The third-order valence-electron chi connectivity index (χ3n) is 2.43. The molecule has 0 spiro atoms. The zero-order valence-corrected chi connectivity index (χ0v) is 11.6. The molecule has 1 aromatic rings. The fourth-order valence-electron chi connectivity index (χ4n) is 1.57.